The van der Waals surface area contributed by atoms with Gasteiger partial charge in [0, 0.05) is 5.33 Å². The van der Waals surface area contributed by atoms with E-state index < -0.39 is 9.84 Å². The standard InChI is InChI=1S/C14H21BrO3S/c1-14(2,3)11-6-7-12(18-4)13(10-11)19(16,17)9-5-8-15/h6-7,10H,5,8-9H2,1-4H3. The molecule has 0 aliphatic heterocycles. The number of alkyl halides is 1. The third kappa shape index (κ3) is 4.21. The fraction of sp³-hybridized carbons (Fsp3) is 0.571. The minimum atomic E-state index is -3.30. The first-order chi connectivity index (χ1) is 8.72. The predicted octanol–water partition coefficient (Wildman–Crippen LogP) is 3.55. The summed E-state index contributed by atoms with van der Waals surface area (Å²) in [7, 11) is -1.81. The van der Waals surface area contributed by atoms with E-state index in [-0.39, 0.29) is 11.2 Å². The molecule has 0 radical (unpaired) electrons. The highest BCUT2D eigenvalue weighted by molar-refractivity contribution is 9.09. The molecule has 0 heterocycles. The van der Waals surface area contributed by atoms with Gasteiger partial charge in [0.2, 0.25) is 0 Å². The van der Waals surface area contributed by atoms with Crippen molar-refractivity contribution in [1.29, 1.82) is 0 Å². The fourth-order valence-electron chi connectivity index (χ4n) is 1.74. The smallest absolute Gasteiger partial charge is 0.182 e. The topological polar surface area (TPSA) is 43.4 Å². The molecule has 0 unspecified atom stereocenters. The van der Waals surface area contributed by atoms with Crippen molar-refractivity contribution >= 4 is 25.8 Å². The summed E-state index contributed by atoms with van der Waals surface area (Å²) in [5.74, 6) is 0.546. The van der Waals surface area contributed by atoms with Gasteiger partial charge in [-0.2, -0.15) is 0 Å². The predicted molar refractivity (Wildman–Crippen MR) is 82.2 cm³/mol. The van der Waals surface area contributed by atoms with Gasteiger partial charge < -0.3 is 4.74 Å². The van der Waals surface area contributed by atoms with E-state index in [2.05, 4.69) is 36.7 Å². The van der Waals surface area contributed by atoms with Gasteiger partial charge in [0.05, 0.1) is 12.9 Å². The monoisotopic (exact) mass is 348 g/mol. The Bertz CT molecular complexity index is 530. The van der Waals surface area contributed by atoms with E-state index >= 15 is 0 Å². The number of hydrogen-bond acceptors (Lipinski definition) is 3. The maximum atomic E-state index is 12.3. The average Bonchev–Trinajstić information content (AvgIpc) is 2.34. The van der Waals surface area contributed by atoms with Gasteiger partial charge in [0.25, 0.3) is 0 Å². The molecule has 5 heteroatoms. The highest BCUT2D eigenvalue weighted by atomic mass is 79.9. The number of methoxy groups -OCH3 is 1. The second-order valence-corrected chi connectivity index (χ2v) is 8.35. The van der Waals surface area contributed by atoms with Crippen LogP contribution in [0.15, 0.2) is 23.1 Å². The first-order valence-corrected chi connectivity index (χ1v) is 8.97. The molecule has 108 valence electrons. The largest absolute Gasteiger partial charge is 0.495 e. The van der Waals surface area contributed by atoms with Gasteiger partial charge in [0.1, 0.15) is 10.6 Å². The van der Waals surface area contributed by atoms with Crippen molar-refractivity contribution in [3.8, 4) is 5.75 Å². The van der Waals surface area contributed by atoms with Gasteiger partial charge >= 0.3 is 0 Å². The SMILES string of the molecule is COc1ccc(C(C)(C)C)cc1S(=O)(=O)CCCBr. The molecule has 0 spiro atoms. The molecule has 19 heavy (non-hydrogen) atoms. The number of sulfone groups is 1. The van der Waals surface area contributed by atoms with E-state index in [9.17, 15) is 8.42 Å². The lowest BCUT2D eigenvalue weighted by Gasteiger charge is -2.21. The van der Waals surface area contributed by atoms with Crippen LogP contribution in [0.2, 0.25) is 0 Å². The highest BCUT2D eigenvalue weighted by Gasteiger charge is 2.23. The van der Waals surface area contributed by atoms with Gasteiger partial charge in [-0.3, -0.25) is 0 Å². The Morgan fingerprint density at radius 3 is 2.37 bits per heavy atom. The van der Waals surface area contributed by atoms with Gasteiger partial charge in [-0.15, -0.1) is 0 Å². The van der Waals surface area contributed by atoms with Crippen molar-refractivity contribution in [2.45, 2.75) is 37.5 Å². The summed E-state index contributed by atoms with van der Waals surface area (Å²) in [6.45, 7) is 6.18. The molecule has 1 aromatic rings. The van der Waals surface area contributed by atoms with Crippen LogP contribution < -0.4 is 4.74 Å². The molecule has 0 saturated heterocycles. The molecule has 0 saturated carbocycles. The molecule has 0 aromatic heterocycles. The first-order valence-electron chi connectivity index (χ1n) is 6.19. The molecule has 0 N–H and O–H groups in total. The van der Waals surface area contributed by atoms with E-state index in [0.29, 0.717) is 22.4 Å². The van der Waals surface area contributed by atoms with Crippen LogP contribution in [0.25, 0.3) is 0 Å². The summed E-state index contributed by atoms with van der Waals surface area (Å²) in [5, 5.41) is 0.674. The van der Waals surface area contributed by atoms with Gasteiger partial charge in [-0.1, -0.05) is 42.8 Å². The molecule has 1 rings (SSSR count). The lowest BCUT2D eigenvalue weighted by Crippen LogP contribution is -2.14. The third-order valence-corrected chi connectivity index (χ3v) is 5.29. The number of hydrogen-bond donors (Lipinski definition) is 0. The summed E-state index contributed by atoms with van der Waals surface area (Å²) in [4.78, 5) is 0.295. The molecular weight excluding hydrogens is 328 g/mol. The average molecular weight is 349 g/mol. The van der Waals surface area contributed by atoms with Crippen LogP contribution in [0, 0.1) is 0 Å². The van der Waals surface area contributed by atoms with Crippen molar-refractivity contribution in [2.75, 3.05) is 18.2 Å². The Hall–Kier alpha value is -0.550. The molecule has 0 aliphatic rings. The van der Waals surface area contributed by atoms with Crippen molar-refractivity contribution in [1.82, 2.24) is 0 Å². The molecule has 0 atom stereocenters. The lowest BCUT2D eigenvalue weighted by atomic mass is 9.87. The lowest BCUT2D eigenvalue weighted by molar-refractivity contribution is 0.401. The summed E-state index contributed by atoms with van der Waals surface area (Å²) in [6, 6.07) is 5.40. The summed E-state index contributed by atoms with van der Waals surface area (Å²) < 4.78 is 29.9. The van der Waals surface area contributed by atoms with E-state index in [0.717, 1.165) is 5.56 Å². The van der Waals surface area contributed by atoms with Crippen LogP contribution in [0.1, 0.15) is 32.8 Å². The van der Waals surface area contributed by atoms with Crippen LogP contribution in [0.3, 0.4) is 0 Å². The van der Waals surface area contributed by atoms with E-state index in [1.165, 1.54) is 7.11 Å². The normalized spacial score (nSPS) is 12.5. The minimum absolute atomic E-state index is 0.0913. The number of benzene rings is 1. The summed E-state index contributed by atoms with van der Waals surface area (Å²) >= 11 is 3.26. The van der Waals surface area contributed by atoms with E-state index in [1.54, 1.807) is 12.1 Å². The third-order valence-electron chi connectivity index (χ3n) is 2.91. The van der Waals surface area contributed by atoms with Crippen molar-refractivity contribution in [3.05, 3.63) is 23.8 Å². The Kier molecular flexibility index (Phi) is 5.44. The minimum Gasteiger partial charge on any atom is -0.495 e. The molecule has 0 aliphatic carbocycles. The second kappa shape index (κ2) is 6.27. The summed E-state index contributed by atoms with van der Waals surface area (Å²) in [6.07, 6.45) is 0.589. The van der Waals surface area contributed by atoms with Crippen molar-refractivity contribution < 1.29 is 13.2 Å². The summed E-state index contributed by atoms with van der Waals surface area (Å²) in [5.41, 5.74) is 0.900. The Balaban J connectivity index is 3.31. The molecule has 3 nitrogen and oxygen atoms in total. The highest BCUT2D eigenvalue weighted by Crippen LogP contribution is 2.31. The Morgan fingerprint density at radius 2 is 1.89 bits per heavy atom. The quantitative estimate of drug-likeness (QED) is 0.764. The van der Waals surface area contributed by atoms with Gasteiger partial charge in [-0.25, -0.2) is 8.42 Å². The van der Waals surface area contributed by atoms with Crippen LogP contribution in [0.4, 0.5) is 0 Å². The maximum Gasteiger partial charge on any atom is 0.182 e. The van der Waals surface area contributed by atoms with Crippen LogP contribution in [-0.2, 0) is 15.3 Å². The molecule has 0 bridgehead atoms. The maximum absolute atomic E-state index is 12.3. The number of rotatable bonds is 5. The molecule has 0 amide bonds. The molecular formula is C14H21BrO3S. The van der Waals surface area contributed by atoms with Crippen molar-refractivity contribution in [2.24, 2.45) is 0 Å². The van der Waals surface area contributed by atoms with E-state index in [4.69, 9.17) is 4.74 Å². The Labute approximate surface area is 124 Å². The molecule has 1 aromatic carbocycles. The fourth-order valence-corrected chi connectivity index (χ4v) is 3.90. The van der Waals surface area contributed by atoms with E-state index in [1.807, 2.05) is 6.07 Å². The van der Waals surface area contributed by atoms with Gasteiger partial charge in [0.15, 0.2) is 9.84 Å². The zero-order chi connectivity index (χ0) is 14.7. The van der Waals surface area contributed by atoms with Crippen LogP contribution in [-0.4, -0.2) is 26.6 Å². The molecule has 0 fully saturated rings. The van der Waals surface area contributed by atoms with Crippen LogP contribution in [0.5, 0.6) is 5.75 Å². The first kappa shape index (κ1) is 16.5. The number of ether oxygens (including phenoxy) is 1. The second-order valence-electron chi connectivity index (χ2n) is 5.48. The number of halogens is 1. The zero-order valence-electron chi connectivity index (χ0n) is 11.9. The van der Waals surface area contributed by atoms with Crippen molar-refractivity contribution in [3.63, 3.8) is 0 Å². The Morgan fingerprint density at radius 1 is 1.26 bits per heavy atom. The van der Waals surface area contributed by atoms with Gasteiger partial charge in [-0.05, 0) is 29.5 Å². The zero-order valence-corrected chi connectivity index (χ0v) is 14.3. The van der Waals surface area contributed by atoms with Crippen LogP contribution >= 0.6 is 15.9 Å².